The van der Waals surface area contributed by atoms with E-state index in [1.54, 1.807) is 10.9 Å². The van der Waals surface area contributed by atoms with Crippen LogP contribution in [0.15, 0.2) is 42.6 Å². The summed E-state index contributed by atoms with van der Waals surface area (Å²) in [7, 11) is 0. The van der Waals surface area contributed by atoms with Gasteiger partial charge in [0.1, 0.15) is 5.82 Å². The molecule has 3 aromatic heterocycles. The Morgan fingerprint density at radius 1 is 1.10 bits per heavy atom. The van der Waals surface area contributed by atoms with E-state index in [1.807, 2.05) is 43.3 Å². The number of nitrogens with one attached hydrogen (secondary N) is 1. The number of hydrogen-bond acceptors (Lipinski definition) is 6. The molecular weight excluding hydrogens is 390 g/mol. The van der Waals surface area contributed by atoms with E-state index in [0.29, 0.717) is 24.6 Å². The van der Waals surface area contributed by atoms with Gasteiger partial charge in [-0.2, -0.15) is 0 Å². The summed E-state index contributed by atoms with van der Waals surface area (Å²) >= 11 is 0. The number of unbranched alkanes of at least 4 members (excludes halogenated alkanes) is 1. The van der Waals surface area contributed by atoms with E-state index in [0.717, 1.165) is 35.2 Å². The number of nitrogens with zero attached hydrogens (tertiary/aromatic N) is 7. The Morgan fingerprint density at radius 2 is 1.93 bits per heavy atom. The number of aryl methyl sites for hydroxylation is 1. The van der Waals surface area contributed by atoms with Gasteiger partial charge in [-0.05, 0) is 28.5 Å². The Kier molecular flexibility index (Phi) is 5.82. The second-order valence-corrected chi connectivity index (χ2v) is 6.79. The van der Waals surface area contributed by atoms with Crippen LogP contribution >= 0.6 is 0 Å². The molecule has 0 amide bonds. The number of rotatable bonds is 8. The van der Waals surface area contributed by atoms with E-state index in [-0.39, 0.29) is 0 Å². The fourth-order valence-corrected chi connectivity index (χ4v) is 3.16. The van der Waals surface area contributed by atoms with Gasteiger partial charge in [-0.25, -0.2) is 23.5 Å². The maximum Gasteiger partial charge on any atom is 0.299 e. The molecule has 154 valence electrons. The van der Waals surface area contributed by atoms with Crippen molar-refractivity contribution < 1.29 is 8.78 Å². The molecule has 1 aromatic carbocycles. The summed E-state index contributed by atoms with van der Waals surface area (Å²) in [5.41, 5.74) is 3.34. The number of aromatic amines is 1. The molecule has 1 N–H and O–H groups in total. The third kappa shape index (κ3) is 4.22. The molecule has 30 heavy (non-hydrogen) atoms. The van der Waals surface area contributed by atoms with Crippen LogP contribution in [0.25, 0.3) is 22.6 Å². The summed E-state index contributed by atoms with van der Waals surface area (Å²) < 4.78 is 27.7. The second kappa shape index (κ2) is 8.85. The first-order chi connectivity index (χ1) is 14.7. The Labute approximate surface area is 171 Å². The highest BCUT2D eigenvalue weighted by Crippen LogP contribution is 2.28. The number of halogens is 2. The summed E-state index contributed by atoms with van der Waals surface area (Å²) in [6, 6.07) is 11.5. The van der Waals surface area contributed by atoms with E-state index >= 15 is 0 Å². The van der Waals surface area contributed by atoms with Gasteiger partial charge in [0.05, 0.1) is 5.69 Å². The highest BCUT2D eigenvalue weighted by atomic mass is 19.3. The van der Waals surface area contributed by atoms with Crippen molar-refractivity contribution in [3.8, 4) is 22.6 Å². The topological polar surface area (TPSA) is 98.1 Å². The summed E-state index contributed by atoms with van der Waals surface area (Å²) in [6.07, 6.45) is 1.22. The number of alkyl halides is 2. The maximum absolute atomic E-state index is 13.0. The molecule has 0 atom stereocenters. The molecule has 4 rings (SSSR count). The lowest BCUT2D eigenvalue weighted by Crippen LogP contribution is -2.07. The lowest BCUT2D eigenvalue weighted by Gasteiger charge is -2.08. The van der Waals surface area contributed by atoms with Gasteiger partial charge in [-0.1, -0.05) is 43.7 Å². The third-order valence-electron chi connectivity index (χ3n) is 4.67. The zero-order chi connectivity index (χ0) is 20.9. The van der Waals surface area contributed by atoms with Crippen LogP contribution in [0.5, 0.6) is 0 Å². The molecule has 0 bridgehead atoms. The van der Waals surface area contributed by atoms with Gasteiger partial charge in [0.25, 0.3) is 6.43 Å². The quantitative estimate of drug-likeness (QED) is 0.474. The van der Waals surface area contributed by atoms with Crippen LogP contribution in [0.1, 0.15) is 43.4 Å². The first-order valence-electron chi connectivity index (χ1n) is 9.66. The highest BCUT2D eigenvalue weighted by Gasteiger charge is 2.18. The monoisotopic (exact) mass is 410 g/mol. The fraction of sp³-hybridized carbons (Fsp3) is 0.300. The van der Waals surface area contributed by atoms with E-state index < -0.39 is 12.2 Å². The first kappa shape index (κ1) is 19.7. The minimum Gasteiger partial charge on any atom is -0.256 e. The maximum atomic E-state index is 13.0. The molecule has 0 unspecified atom stereocenters. The van der Waals surface area contributed by atoms with E-state index in [1.165, 1.54) is 0 Å². The largest absolute Gasteiger partial charge is 0.299 e. The Bertz CT molecular complexity index is 1090. The van der Waals surface area contributed by atoms with Crippen LogP contribution in [0, 0.1) is 0 Å². The fourth-order valence-electron chi connectivity index (χ4n) is 3.16. The summed E-state index contributed by atoms with van der Waals surface area (Å²) in [6.45, 7) is 2.61. The van der Waals surface area contributed by atoms with Gasteiger partial charge >= 0.3 is 0 Å². The van der Waals surface area contributed by atoms with Crippen LogP contribution in [0.3, 0.4) is 0 Å². The van der Waals surface area contributed by atoms with E-state index in [9.17, 15) is 8.78 Å². The van der Waals surface area contributed by atoms with Crippen molar-refractivity contribution in [1.82, 2.24) is 40.4 Å². The number of hydrogen-bond donors (Lipinski definition) is 1. The van der Waals surface area contributed by atoms with Crippen LogP contribution in [0.2, 0.25) is 0 Å². The second-order valence-electron chi connectivity index (χ2n) is 6.79. The molecule has 0 aliphatic rings. The lowest BCUT2D eigenvalue weighted by molar-refractivity contribution is 0.140. The van der Waals surface area contributed by atoms with Crippen molar-refractivity contribution in [2.24, 2.45) is 0 Å². The average Bonchev–Trinajstić information content (AvgIpc) is 3.43. The molecule has 10 heteroatoms. The molecule has 4 aromatic rings. The SMILES string of the molecule is CCCCn1nc(C(F)F)nc1Cc1ccc(-c2ccccc2-c2nnn[nH]2)nc1. The molecule has 0 radical (unpaired) electrons. The Morgan fingerprint density at radius 3 is 2.60 bits per heavy atom. The molecular formula is C20H20F2N8. The lowest BCUT2D eigenvalue weighted by atomic mass is 10.0. The van der Waals surface area contributed by atoms with E-state index in [2.05, 4.69) is 35.7 Å². The van der Waals surface area contributed by atoms with Crippen molar-refractivity contribution >= 4 is 0 Å². The van der Waals surface area contributed by atoms with E-state index in [4.69, 9.17) is 0 Å². The molecule has 8 nitrogen and oxygen atoms in total. The van der Waals surface area contributed by atoms with Crippen LogP contribution in [-0.4, -0.2) is 40.4 Å². The zero-order valence-electron chi connectivity index (χ0n) is 16.3. The van der Waals surface area contributed by atoms with Crippen LogP contribution < -0.4 is 0 Å². The zero-order valence-corrected chi connectivity index (χ0v) is 16.3. The smallest absolute Gasteiger partial charge is 0.256 e. The Balaban J connectivity index is 1.59. The molecule has 0 saturated heterocycles. The number of aromatic nitrogens is 8. The van der Waals surface area contributed by atoms with Crippen molar-refractivity contribution in [2.75, 3.05) is 0 Å². The van der Waals surface area contributed by atoms with Crippen LogP contribution in [-0.2, 0) is 13.0 Å². The van der Waals surface area contributed by atoms with Gasteiger partial charge in [0, 0.05) is 30.3 Å². The van der Waals surface area contributed by atoms with Gasteiger partial charge in [-0.3, -0.25) is 4.98 Å². The number of H-pyrrole nitrogens is 1. The summed E-state index contributed by atoms with van der Waals surface area (Å²) in [5, 5.41) is 18.0. The minimum atomic E-state index is -2.69. The summed E-state index contributed by atoms with van der Waals surface area (Å²) in [4.78, 5) is 8.60. The summed E-state index contributed by atoms with van der Waals surface area (Å²) in [5.74, 6) is 0.641. The number of tetrazole rings is 1. The molecule has 0 spiro atoms. The van der Waals surface area contributed by atoms with Crippen LogP contribution in [0.4, 0.5) is 8.78 Å². The van der Waals surface area contributed by atoms with Crippen molar-refractivity contribution in [1.29, 1.82) is 0 Å². The minimum absolute atomic E-state index is 0.379. The van der Waals surface area contributed by atoms with Crippen molar-refractivity contribution in [2.45, 2.75) is 39.2 Å². The predicted octanol–water partition coefficient (Wildman–Crippen LogP) is 3.85. The molecule has 0 aliphatic carbocycles. The number of pyridine rings is 1. The molecule has 0 fully saturated rings. The standard InChI is InChI=1S/C20H20F2N8/c1-2-3-10-30-17(24-20(27-30)18(21)22)11-13-8-9-16(23-12-13)14-6-4-5-7-15(14)19-25-28-29-26-19/h4-9,12,18H,2-3,10-11H2,1H3,(H,25,26,28,29). The van der Waals surface area contributed by atoms with Gasteiger partial charge in [-0.15, -0.1) is 10.2 Å². The number of benzene rings is 1. The predicted molar refractivity (Wildman–Crippen MR) is 106 cm³/mol. The molecule has 3 heterocycles. The van der Waals surface area contributed by atoms with Gasteiger partial charge < -0.3 is 0 Å². The average molecular weight is 410 g/mol. The van der Waals surface area contributed by atoms with Gasteiger partial charge in [0.15, 0.2) is 5.82 Å². The highest BCUT2D eigenvalue weighted by molar-refractivity contribution is 5.78. The van der Waals surface area contributed by atoms with Crippen molar-refractivity contribution in [3.63, 3.8) is 0 Å². The first-order valence-corrected chi connectivity index (χ1v) is 9.66. The Hall–Kier alpha value is -3.56. The van der Waals surface area contributed by atoms with Gasteiger partial charge in [0.2, 0.25) is 5.82 Å². The molecule has 0 saturated carbocycles. The third-order valence-corrected chi connectivity index (χ3v) is 4.67. The van der Waals surface area contributed by atoms with Crippen molar-refractivity contribution in [3.05, 3.63) is 59.8 Å². The molecule has 0 aliphatic heterocycles. The normalized spacial score (nSPS) is 11.3.